The van der Waals surface area contributed by atoms with E-state index in [1.54, 1.807) is 0 Å². The Morgan fingerprint density at radius 2 is 1.26 bits per heavy atom. The van der Waals surface area contributed by atoms with Gasteiger partial charge in [0.25, 0.3) is 0 Å². The number of para-hydroxylation sites is 3. The molecule has 0 saturated heterocycles. The standard InChI is InChI=1S/C48H42N4Si.Pt/c1-34(2)36-28-29-49-48(30-36)52-44-23-12-11-22-42(44)43-27-26-41(32-47(43)52)53(38-17-7-5-8-18-38,39-19-9-6-10-20-39)40-21-15-16-37(31-40)51-33-50(35(3)4)45-24-13-14-25-46(45)51;/h5-30,34-35H,33H2,1-4H3;/q-2;+2. The summed E-state index contributed by atoms with van der Waals surface area (Å²) in [6.07, 6.45) is 1.94. The van der Waals surface area contributed by atoms with Crippen molar-refractivity contribution in [3.05, 3.63) is 176 Å². The molecule has 54 heavy (non-hydrogen) atoms. The number of hydrogen-bond acceptors (Lipinski definition) is 3. The Kier molecular flexibility index (Phi) is 9.64. The zero-order valence-electron chi connectivity index (χ0n) is 31.0. The minimum absolute atomic E-state index is 0. The Bertz CT molecular complexity index is 2540. The predicted octanol–water partition coefficient (Wildman–Crippen LogP) is 8.60. The van der Waals surface area contributed by atoms with Crippen LogP contribution in [0.3, 0.4) is 0 Å². The van der Waals surface area contributed by atoms with Crippen LogP contribution in [0.2, 0.25) is 0 Å². The van der Waals surface area contributed by atoms with E-state index in [2.05, 4.69) is 206 Å². The van der Waals surface area contributed by atoms with E-state index < -0.39 is 8.07 Å². The molecule has 0 N–H and O–H groups in total. The molecule has 8 aromatic rings. The van der Waals surface area contributed by atoms with Crippen molar-refractivity contribution in [3.63, 3.8) is 0 Å². The summed E-state index contributed by atoms with van der Waals surface area (Å²) < 4.78 is 2.32. The number of benzene rings is 6. The zero-order chi connectivity index (χ0) is 36.1. The Balaban J connectivity index is 0.00000413. The molecule has 2 aromatic heterocycles. The second-order valence-corrected chi connectivity index (χ2v) is 18.4. The van der Waals surface area contributed by atoms with Gasteiger partial charge in [0.15, 0.2) is 0 Å². The van der Waals surface area contributed by atoms with Crippen molar-refractivity contribution in [1.29, 1.82) is 0 Å². The normalized spacial score (nSPS) is 12.9. The number of anilines is 3. The van der Waals surface area contributed by atoms with Crippen LogP contribution < -0.4 is 30.5 Å². The average Bonchev–Trinajstić information content (AvgIpc) is 3.76. The number of fused-ring (bicyclic) bond motifs is 4. The van der Waals surface area contributed by atoms with Gasteiger partial charge in [0.2, 0.25) is 0 Å². The molecule has 0 unspecified atom stereocenters. The van der Waals surface area contributed by atoms with Crippen LogP contribution in [-0.4, -0.2) is 30.3 Å². The second kappa shape index (κ2) is 14.5. The molecule has 6 aromatic carbocycles. The van der Waals surface area contributed by atoms with Gasteiger partial charge in [0.05, 0.1) is 18.0 Å². The molecule has 1 aliphatic heterocycles. The fourth-order valence-corrected chi connectivity index (χ4v) is 12.8. The molecule has 0 radical (unpaired) electrons. The molecule has 0 saturated carbocycles. The fraction of sp³-hybridized carbons (Fsp3) is 0.146. The molecule has 268 valence electrons. The molecule has 4 nitrogen and oxygen atoms in total. The third kappa shape index (κ3) is 5.82. The van der Waals surface area contributed by atoms with Crippen LogP contribution in [0.5, 0.6) is 0 Å². The van der Waals surface area contributed by atoms with Gasteiger partial charge in [-0.1, -0.05) is 116 Å². The van der Waals surface area contributed by atoms with Crippen LogP contribution >= 0.6 is 0 Å². The topological polar surface area (TPSA) is 24.3 Å². The van der Waals surface area contributed by atoms with Crippen molar-refractivity contribution in [2.75, 3.05) is 16.5 Å². The number of rotatable bonds is 8. The third-order valence-corrected chi connectivity index (χ3v) is 15.5. The Morgan fingerprint density at radius 1 is 0.611 bits per heavy atom. The van der Waals surface area contributed by atoms with Gasteiger partial charge in [-0.2, -0.15) is 46.8 Å². The summed E-state index contributed by atoms with van der Waals surface area (Å²) in [5.74, 6) is 1.30. The maximum Gasteiger partial charge on any atom is 2.00 e. The van der Waals surface area contributed by atoms with Crippen LogP contribution in [0.25, 0.3) is 27.6 Å². The number of aromatic nitrogens is 2. The minimum Gasteiger partial charge on any atom is -0.349 e. The van der Waals surface area contributed by atoms with Crippen LogP contribution in [0.15, 0.2) is 158 Å². The van der Waals surface area contributed by atoms with Gasteiger partial charge >= 0.3 is 21.1 Å². The largest absolute Gasteiger partial charge is 2.00 e. The van der Waals surface area contributed by atoms with Gasteiger partial charge in [0, 0.05) is 17.8 Å². The number of pyridine rings is 1. The molecule has 0 atom stereocenters. The minimum atomic E-state index is -3.02. The summed E-state index contributed by atoms with van der Waals surface area (Å²) in [5.41, 5.74) is 6.99. The first-order chi connectivity index (χ1) is 25.9. The van der Waals surface area contributed by atoms with E-state index in [9.17, 15) is 0 Å². The third-order valence-electron chi connectivity index (χ3n) is 10.9. The summed E-state index contributed by atoms with van der Waals surface area (Å²) in [4.78, 5) is 9.85. The summed E-state index contributed by atoms with van der Waals surface area (Å²) in [5, 5.41) is 7.35. The van der Waals surface area contributed by atoms with Crippen molar-refractivity contribution in [2.24, 2.45) is 0 Å². The van der Waals surface area contributed by atoms with Crippen molar-refractivity contribution in [1.82, 2.24) is 9.55 Å². The number of hydrogen-bond donors (Lipinski definition) is 0. The van der Waals surface area contributed by atoms with E-state index in [4.69, 9.17) is 4.98 Å². The van der Waals surface area contributed by atoms with E-state index in [1.807, 2.05) is 6.20 Å². The van der Waals surface area contributed by atoms with Gasteiger partial charge in [-0.25, -0.2) is 4.98 Å². The quantitative estimate of drug-likeness (QED) is 0.0869. The van der Waals surface area contributed by atoms with Gasteiger partial charge < -0.3 is 14.4 Å². The summed E-state index contributed by atoms with van der Waals surface area (Å²) >= 11 is 0. The van der Waals surface area contributed by atoms with Crippen molar-refractivity contribution in [3.8, 4) is 5.82 Å². The second-order valence-electron chi connectivity index (χ2n) is 14.6. The molecule has 1 aliphatic rings. The van der Waals surface area contributed by atoms with Gasteiger partial charge in [-0.3, -0.25) is 0 Å². The zero-order valence-corrected chi connectivity index (χ0v) is 34.3. The molecule has 9 rings (SSSR count). The maximum absolute atomic E-state index is 4.96. The van der Waals surface area contributed by atoms with Crippen LogP contribution in [0.4, 0.5) is 17.1 Å². The van der Waals surface area contributed by atoms with Crippen LogP contribution in [0.1, 0.15) is 39.2 Å². The number of nitrogens with zero attached hydrogens (tertiary/aromatic N) is 4. The van der Waals surface area contributed by atoms with E-state index in [1.165, 1.54) is 48.5 Å². The fourth-order valence-electron chi connectivity index (χ4n) is 8.30. The van der Waals surface area contributed by atoms with Gasteiger partial charge in [-0.05, 0) is 71.4 Å². The Hall–Kier alpha value is -5.22. The van der Waals surface area contributed by atoms with E-state index in [0.717, 1.165) is 29.2 Å². The molecular weight excluding hydrogens is 856 g/mol. The monoisotopic (exact) mass is 897 g/mol. The molecule has 0 fully saturated rings. The molecule has 0 aliphatic carbocycles. The molecule has 6 heteroatoms. The van der Waals surface area contributed by atoms with Crippen LogP contribution in [-0.2, 0) is 21.1 Å². The first-order valence-electron chi connectivity index (χ1n) is 18.6. The summed E-state index contributed by atoms with van der Waals surface area (Å²) in [7, 11) is -3.02. The smallest absolute Gasteiger partial charge is 0.349 e. The predicted molar refractivity (Wildman–Crippen MR) is 225 cm³/mol. The SMILES string of the molecule is CC(C)c1ccnc(-n2c3[c-]c([Si](c4[c-]c(N5CN(C(C)C)c6ccccc65)ccc4)(c4ccccc4)c4ccccc4)ccc3c3ccccc32)c1.[Pt+2]. The van der Waals surface area contributed by atoms with E-state index >= 15 is 0 Å². The van der Waals surface area contributed by atoms with Gasteiger partial charge in [-0.15, -0.1) is 11.5 Å². The molecule has 0 bridgehead atoms. The molecule has 3 heterocycles. The van der Waals surface area contributed by atoms with Crippen molar-refractivity contribution >= 4 is 67.7 Å². The Morgan fingerprint density at radius 3 is 1.96 bits per heavy atom. The average molecular weight is 898 g/mol. The summed E-state index contributed by atoms with van der Waals surface area (Å²) in [6.45, 7) is 9.79. The first kappa shape index (κ1) is 35.8. The molecule has 0 spiro atoms. The Labute approximate surface area is 334 Å². The van der Waals surface area contributed by atoms with E-state index in [0.29, 0.717) is 12.0 Å². The summed E-state index contributed by atoms with van der Waals surface area (Å²) in [6, 6.07) is 64.0. The van der Waals surface area contributed by atoms with Crippen molar-refractivity contribution in [2.45, 2.75) is 39.7 Å². The first-order valence-corrected chi connectivity index (χ1v) is 20.6. The van der Waals surface area contributed by atoms with E-state index in [-0.39, 0.29) is 21.1 Å². The molecule has 0 amide bonds. The van der Waals surface area contributed by atoms with Crippen molar-refractivity contribution < 1.29 is 21.1 Å². The van der Waals surface area contributed by atoms with Crippen LogP contribution in [0, 0.1) is 12.1 Å². The maximum atomic E-state index is 4.96. The molecular formula is C48H42N4PtSi. The van der Waals surface area contributed by atoms with Gasteiger partial charge in [0.1, 0.15) is 13.9 Å².